The molecule has 2 aromatic heterocycles. The van der Waals surface area contributed by atoms with Crippen molar-refractivity contribution in [3.05, 3.63) is 46.1 Å². The van der Waals surface area contributed by atoms with Crippen molar-refractivity contribution in [2.45, 2.75) is 38.5 Å². The van der Waals surface area contributed by atoms with Gasteiger partial charge in [-0.05, 0) is 37.5 Å². The molecular formula is C16H19Cl2N5O. The molecule has 1 aromatic carbocycles. The van der Waals surface area contributed by atoms with Gasteiger partial charge in [-0.25, -0.2) is 4.98 Å². The van der Waals surface area contributed by atoms with E-state index < -0.39 is 5.60 Å². The smallest absolute Gasteiger partial charge is 0.126 e. The summed E-state index contributed by atoms with van der Waals surface area (Å²) in [5, 5.41) is 19.1. The van der Waals surface area contributed by atoms with Gasteiger partial charge in [-0.3, -0.25) is 5.10 Å². The number of aromatic nitrogens is 4. The molecule has 1 atom stereocenters. The van der Waals surface area contributed by atoms with Crippen LogP contribution in [-0.4, -0.2) is 24.9 Å². The summed E-state index contributed by atoms with van der Waals surface area (Å²) in [5.74, 6) is 0.783. The van der Waals surface area contributed by atoms with Crippen molar-refractivity contribution in [1.29, 1.82) is 0 Å². The monoisotopic (exact) mass is 367 g/mol. The Morgan fingerprint density at radius 3 is 2.88 bits per heavy atom. The van der Waals surface area contributed by atoms with Crippen molar-refractivity contribution >= 4 is 34.9 Å². The Hall–Kier alpha value is -1.60. The maximum atomic E-state index is 10.4. The lowest BCUT2D eigenvalue weighted by atomic mass is 9.98. The second-order valence-corrected chi connectivity index (χ2v) is 7.02. The van der Waals surface area contributed by atoms with Crippen LogP contribution in [0.3, 0.4) is 0 Å². The molecule has 0 saturated carbocycles. The number of fused-ring (bicyclic) bond motifs is 4. The molecule has 1 aliphatic heterocycles. The zero-order chi connectivity index (χ0) is 16.4. The van der Waals surface area contributed by atoms with Gasteiger partial charge in [0.15, 0.2) is 0 Å². The second kappa shape index (κ2) is 5.74. The van der Waals surface area contributed by atoms with Gasteiger partial charge in [0.25, 0.3) is 0 Å². The fraction of sp³-hybridized carbons (Fsp3) is 0.375. The molecule has 0 spiro atoms. The third-order valence-electron chi connectivity index (χ3n) is 4.49. The van der Waals surface area contributed by atoms with Crippen LogP contribution in [0.1, 0.15) is 42.5 Å². The van der Waals surface area contributed by atoms with Crippen LogP contribution in [0.15, 0.2) is 18.5 Å². The van der Waals surface area contributed by atoms with Crippen LogP contribution >= 0.6 is 24.0 Å². The van der Waals surface area contributed by atoms with E-state index in [1.54, 1.807) is 26.2 Å². The zero-order valence-electron chi connectivity index (χ0n) is 13.4. The summed E-state index contributed by atoms with van der Waals surface area (Å²) in [6, 6.07) is 1.71. The number of nitrogens with one attached hydrogen (secondary N) is 1. The lowest BCUT2D eigenvalue weighted by Gasteiger charge is -2.21. The quantitative estimate of drug-likeness (QED) is 0.616. The first-order valence-corrected chi connectivity index (χ1v) is 7.91. The lowest BCUT2D eigenvalue weighted by Crippen LogP contribution is -2.23. The van der Waals surface area contributed by atoms with E-state index in [0.717, 1.165) is 33.5 Å². The fourth-order valence-electron chi connectivity index (χ4n) is 3.38. The first-order valence-electron chi connectivity index (χ1n) is 7.53. The fourth-order valence-corrected chi connectivity index (χ4v) is 3.65. The number of imidazole rings is 1. The molecule has 0 radical (unpaired) electrons. The summed E-state index contributed by atoms with van der Waals surface area (Å²) in [6.45, 7) is 4.10. The maximum Gasteiger partial charge on any atom is 0.126 e. The maximum absolute atomic E-state index is 10.4. The van der Waals surface area contributed by atoms with Gasteiger partial charge in [-0.2, -0.15) is 5.10 Å². The average molecular weight is 368 g/mol. The number of hydrogen-bond donors (Lipinski definition) is 3. The first-order chi connectivity index (χ1) is 10.9. The van der Waals surface area contributed by atoms with Gasteiger partial charge in [0.1, 0.15) is 11.4 Å². The third-order valence-corrected chi connectivity index (χ3v) is 4.79. The molecule has 0 aliphatic carbocycles. The minimum atomic E-state index is -0.989. The number of nitrogens with zero attached hydrogens (tertiary/aromatic N) is 3. The van der Waals surface area contributed by atoms with E-state index in [-0.39, 0.29) is 18.4 Å². The Morgan fingerprint density at radius 2 is 2.17 bits per heavy atom. The van der Waals surface area contributed by atoms with Crippen LogP contribution in [0.2, 0.25) is 5.02 Å². The highest BCUT2D eigenvalue weighted by Gasteiger charge is 2.29. The van der Waals surface area contributed by atoms with E-state index in [9.17, 15) is 5.11 Å². The average Bonchev–Trinajstić information content (AvgIpc) is 3.07. The SMILES string of the molecule is CC(C)(O)c1cnc2n1Cc1c(cc(Cl)c3[nH]ncc13)CC2N.Cl. The van der Waals surface area contributed by atoms with Crippen molar-refractivity contribution in [2.24, 2.45) is 5.73 Å². The van der Waals surface area contributed by atoms with Gasteiger partial charge in [0, 0.05) is 5.39 Å². The minimum Gasteiger partial charge on any atom is -0.384 e. The summed E-state index contributed by atoms with van der Waals surface area (Å²) < 4.78 is 2.01. The Balaban J connectivity index is 0.00000169. The summed E-state index contributed by atoms with van der Waals surface area (Å²) >= 11 is 6.35. The largest absolute Gasteiger partial charge is 0.384 e. The molecule has 4 N–H and O–H groups in total. The predicted molar refractivity (Wildman–Crippen MR) is 95.6 cm³/mol. The van der Waals surface area contributed by atoms with Crippen molar-refractivity contribution in [1.82, 2.24) is 19.7 Å². The number of nitrogens with two attached hydrogens (primary N) is 1. The molecule has 0 fully saturated rings. The predicted octanol–water partition coefficient (Wildman–Crippen LogP) is 2.67. The van der Waals surface area contributed by atoms with E-state index >= 15 is 0 Å². The molecule has 4 rings (SSSR count). The van der Waals surface area contributed by atoms with Crippen molar-refractivity contribution < 1.29 is 5.11 Å². The first kappa shape index (κ1) is 17.2. The van der Waals surface area contributed by atoms with Gasteiger partial charge in [0.05, 0.1) is 41.2 Å². The summed E-state index contributed by atoms with van der Waals surface area (Å²) in [7, 11) is 0. The number of aliphatic hydroxyl groups is 1. The summed E-state index contributed by atoms with van der Waals surface area (Å²) in [5.41, 5.74) is 9.17. The van der Waals surface area contributed by atoms with Crippen molar-refractivity contribution in [3.8, 4) is 0 Å². The van der Waals surface area contributed by atoms with Crippen LogP contribution in [0, 0.1) is 0 Å². The lowest BCUT2D eigenvalue weighted by molar-refractivity contribution is 0.0698. The number of rotatable bonds is 1. The topological polar surface area (TPSA) is 92.8 Å². The number of benzene rings is 1. The Morgan fingerprint density at radius 1 is 1.42 bits per heavy atom. The Bertz CT molecular complexity index is 909. The van der Waals surface area contributed by atoms with Gasteiger partial charge in [-0.1, -0.05) is 11.6 Å². The van der Waals surface area contributed by atoms with E-state index in [0.29, 0.717) is 18.0 Å². The molecule has 3 heterocycles. The number of aromatic amines is 1. The highest BCUT2D eigenvalue weighted by atomic mass is 35.5. The molecule has 128 valence electrons. The molecule has 1 unspecified atom stereocenters. The summed E-state index contributed by atoms with van der Waals surface area (Å²) in [6.07, 6.45) is 4.15. The molecule has 8 heteroatoms. The zero-order valence-corrected chi connectivity index (χ0v) is 14.9. The standard InChI is InChI=1S/C16H18ClN5O.ClH/c1-16(2,23)13-6-19-15-12(18)4-8-3-11(17)14-9(5-20-21-14)10(8)7-22(13)15;/h3,5-6,12,23H,4,7,18H2,1-2H3,(H,20,21);1H. The normalized spacial score (nSPS) is 17.1. The number of halogens is 2. The molecule has 0 saturated heterocycles. The minimum absolute atomic E-state index is 0. The molecule has 6 nitrogen and oxygen atoms in total. The second-order valence-electron chi connectivity index (χ2n) is 6.61. The van der Waals surface area contributed by atoms with Gasteiger partial charge >= 0.3 is 0 Å². The van der Waals surface area contributed by atoms with Crippen LogP contribution in [0.5, 0.6) is 0 Å². The van der Waals surface area contributed by atoms with E-state index in [4.69, 9.17) is 17.3 Å². The third kappa shape index (κ3) is 2.50. The van der Waals surface area contributed by atoms with E-state index in [2.05, 4.69) is 15.2 Å². The van der Waals surface area contributed by atoms with Gasteiger partial charge in [0.2, 0.25) is 0 Å². The number of hydrogen-bond acceptors (Lipinski definition) is 4. The van der Waals surface area contributed by atoms with Crippen LogP contribution in [-0.2, 0) is 18.6 Å². The molecule has 24 heavy (non-hydrogen) atoms. The van der Waals surface area contributed by atoms with Gasteiger partial charge < -0.3 is 15.4 Å². The van der Waals surface area contributed by atoms with Crippen molar-refractivity contribution in [3.63, 3.8) is 0 Å². The van der Waals surface area contributed by atoms with Crippen LogP contribution in [0.4, 0.5) is 0 Å². The molecule has 1 aliphatic rings. The van der Waals surface area contributed by atoms with Crippen LogP contribution in [0.25, 0.3) is 10.9 Å². The van der Waals surface area contributed by atoms with E-state index in [1.807, 2.05) is 10.6 Å². The highest BCUT2D eigenvalue weighted by Crippen LogP contribution is 2.35. The molecule has 0 amide bonds. The van der Waals surface area contributed by atoms with E-state index in [1.165, 1.54) is 0 Å². The van der Waals surface area contributed by atoms with Gasteiger partial charge in [-0.15, -0.1) is 12.4 Å². The van der Waals surface area contributed by atoms with Crippen LogP contribution < -0.4 is 5.73 Å². The molecule has 3 aromatic rings. The number of H-pyrrole nitrogens is 1. The Kier molecular flexibility index (Phi) is 4.12. The molecule has 0 bridgehead atoms. The molecular weight excluding hydrogens is 349 g/mol. The summed E-state index contributed by atoms with van der Waals surface area (Å²) in [4.78, 5) is 4.46. The highest BCUT2D eigenvalue weighted by molar-refractivity contribution is 6.35. The Labute approximate surface area is 150 Å². The van der Waals surface area contributed by atoms with Crippen molar-refractivity contribution in [2.75, 3.05) is 0 Å².